The number of nitrogen functional groups attached to an aromatic ring is 1. The number of rotatable bonds is 4. The number of aryl methyl sites for hydroxylation is 1. The second kappa shape index (κ2) is 6.16. The van der Waals surface area contributed by atoms with E-state index >= 15 is 0 Å². The Balaban J connectivity index is 2.08. The highest BCUT2D eigenvalue weighted by molar-refractivity contribution is 5.94. The van der Waals surface area contributed by atoms with Crippen molar-refractivity contribution in [1.82, 2.24) is 10.3 Å². The van der Waals surface area contributed by atoms with E-state index in [-0.39, 0.29) is 18.6 Å². The van der Waals surface area contributed by atoms with Gasteiger partial charge in [0.1, 0.15) is 11.5 Å². The Morgan fingerprint density at radius 2 is 2.47 bits per heavy atom. The number of nitrogens with one attached hydrogen (secondary N) is 1. The highest BCUT2D eigenvalue weighted by atomic mass is 16.5. The van der Waals surface area contributed by atoms with E-state index in [0.717, 1.165) is 6.54 Å². The molecule has 1 amide bonds. The second-order valence-corrected chi connectivity index (χ2v) is 4.54. The molecule has 1 atom stereocenters. The quantitative estimate of drug-likeness (QED) is 0.383. The van der Waals surface area contributed by atoms with Crippen LogP contribution < -0.4 is 11.3 Å². The molecule has 2 rings (SSSR count). The lowest BCUT2D eigenvalue weighted by molar-refractivity contribution is -0.0336. The Hall–Kier alpha value is -1.41. The molecule has 0 aromatic carbocycles. The van der Waals surface area contributed by atoms with Gasteiger partial charge in [0, 0.05) is 6.54 Å². The third-order valence-electron chi connectivity index (χ3n) is 3.26. The van der Waals surface area contributed by atoms with Crippen LogP contribution in [0.3, 0.4) is 0 Å². The van der Waals surface area contributed by atoms with Crippen molar-refractivity contribution in [2.75, 3.05) is 26.4 Å². The molecule has 1 unspecified atom stereocenters. The Kier molecular flexibility index (Phi) is 4.54. The summed E-state index contributed by atoms with van der Waals surface area (Å²) in [7, 11) is 0. The van der Waals surface area contributed by atoms with Gasteiger partial charge in [0.05, 0.1) is 38.0 Å². The van der Waals surface area contributed by atoms with Crippen molar-refractivity contribution in [2.45, 2.75) is 19.5 Å². The van der Waals surface area contributed by atoms with Gasteiger partial charge in [-0.3, -0.25) is 15.1 Å². The van der Waals surface area contributed by atoms with Gasteiger partial charge < -0.3 is 14.3 Å². The van der Waals surface area contributed by atoms with Crippen LogP contribution in [0, 0.1) is 6.92 Å². The van der Waals surface area contributed by atoms with Crippen molar-refractivity contribution in [3.05, 3.63) is 23.2 Å². The van der Waals surface area contributed by atoms with Crippen LogP contribution in [0.4, 0.5) is 0 Å². The number of aliphatic hydroxyl groups is 1. The molecule has 0 aliphatic carbocycles. The minimum Gasteiger partial charge on any atom is -0.464 e. The van der Waals surface area contributed by atoms with Crippen molar-refractivity contribution in [3.8, 4) is 0 Å². The molecule has 1 aliphatic heterocycles. The van der Waals surface area contributed by atoms with Crippen LogP contribution in [-0.2, 0) is 11.3 Å². The number of amides is 1. The lowest BCUT2D eigenvalue weighted by Crippen LogP contribution is -2.46. The summed E-state index contributed by atoms with van der Waals surface area (Å²) in [5, 5.41) is 9.29. The van der Waals surface area contributed by atoms with Crippen LogP contribution in [0.1, 0.15) is 21.9 Å². The zero-order valence-electron chi connectivity index (χ0n) is 10.9. The molecule has 1 fully saturated rings. The summed E-state index contributed by atoms with van der Waals surface area (Å²) >= 11 is 0. The number of hydrazine groups is 1. The lowest BCUT2D eigenvalue weighted by atomic mass is 10.2. The molecule has 0 saturated carbocycles. The summed E-state index contributed by atoms with van der Waals surface area (Å²) in [5.74, 6) is 5.95. The van der Waals surface area contributed by atoms with Gasteiger partial charge in [-0.15, -0.1) is 0 Å². The zero-order valence-corrected chi connectivity index (χ0v) is 10.9. The van der Waals surface area contributed by atoms with Crippen molar-refractivity contribution < 1.29 is 19.1 Å². The largest absolute Gasteiger partial charge is 0.464 e. The van der Waals surface area contributed by atoms with Crippen molar-refractivity contribution in [3.63, 3.8) is 0 Å². The average Bonchev–Trinajstić information content (AvgIpc) is 2.79. The number of carbonyl (C=O) groups excluding carboxylic acids is 1. The number of aliphatic hydroxyl groups excluding tert-OH is 1. The minimum atomic E-state index is -0.367. The summed E-state index contributed by atoms with van der Waals surface area (Å²) in [6, 6.07) is 1.65. The molecule has 7 nitrogen and oxygen atoms in total. The number of nitrogens with zero attached hydrogens (tertiary/aromatic N) is 1. The fourth-order valence-electron chi connectivity index (χ4n) is 2.19. The number of ether oxygens (including phenoxy) is 1. The first-order valence-corrected chi connectivity index (χ1v) is 6.18. The molecule has 106 valence electrons. The van der Waals surface area contributed by atoms with Gasteiger partial charge in [-0.05, 0) is 13.0 Å². The monoisotopic (exact) mass is 269 g/mol. The van der Waals surface area contributed by atoms with Gasteiger partial charge in [-0.25, -0.2) is 5.84 Å². The third kappa shape index (κ3) is 3.13. The van der Waals surface area contributed by atoms with Crippen LogP contribution in [0.5, 0.6) is 0 Å². The van der Waals surface area contributed by atoms with Gasteiger partial charge in [0.15, 0.2) is 0 Å². The van der Waals surface area contributed by atoms with E-state index in [9.17, 15) is 9.90 Å². The van der Waals surface area contributed by atoms with Crippen LogP contribution in [0.2, 0.25) is 0 Å². The molecule has 4 N–H and O–H groups in total. The molecule has 0 spiro atoms. The fourth-order valence-corrected chi connectivity index (χ4v) is 2.19. The molecule has 1 aromatic heterocycles. The van der Waals surface area contributed by atoms with Gasteiger partial charge in [-0.2, -0.15) is 0 Å². The number of hydrogen-bond acceptors (Lipinski definition) is 6. The Morgan fingerprint density at radius 3 is 3.16 bits per heavy atom. The SMILES string of the molecule is Cc1oc(CN2CCOCC2CO)cc1C(=O)NN. The molecule has 19 heavy (non-hydrogen) atoms. The lowest BCUT2D eigenvalue weighted by Gasteiger charge is -2.33. The van der Waals surface area contributed by atoms with Gasteiger partial charge in [0.25, 0.3) is 5.91 Å². The fraction of sp³-hybridized carbons (Fsp3) is 0.583. The summed E-state index contributed by atoms with van der Waals surface area (Å²) in [6.45, 7) is 4.15. The van der Waals surface area contributed by atoms with Gasteiger partial charge in [-0.1, -0.05) is 0 Å². The molecule has 1 aromatic rings. The molecule has 1 saturated heterocycles. The highest BCUT2D eigenvalue weighted by Crippen LogP contribution is 2.18. The first-order valence-electron chi connectivity index (χ1n) is 6.18. The van der Waals surface area contributed by atoms with Gasteiger partial charge >= 0.3 is 0 Å². The van der Waals surface area contributed by atoms with Crippen LogP contribution in [0.25, 0.3) is 0 Å². The first-order chi connectivity index (χ1) is 9.15. The van der Waals surface area contributed by atoms with E-state index in [0.29, 0.717) is 36.8 Å². The van der Waals surface area contributed by atoms with E-state index in [2.05, 4.69) is 10.3 Å². The molecule has 0 bridgehead atoms. The Morgan fingerprint density at radius 1 is 1.68 bits per heavy atom. The second-order valence-electron chi connectivity index (χ2n) is 4.54. The smallest absolute Gasteiger partial charge is 0.268 e. The van der Waals surface area contributed by atoms with Crippen molar-refractivity contribution >= 4 is 5.91 Å². The van der Waals surface area contributed by atoms with Crippen LogP contribution in [-0.4, -0.2) is 48.3 Å². The summed E-state index contributed by atoms with van der Waals surface area (Å²) in [6.07, 6.45) is 0. The summed E-state index contributed by atoms with van der Waals surface area (Å²) in [4.78, 5) is 13.6. The van der Waals surface area contributed by atoms with Crippen LogP contribution in [0.15, 0.2) is 10.5 Å². The molecule has 7 heteroatoms. The molecule has 0 radical (unpaired) electrons. The molecular formula is C12H19N3O4. The number of furan rings is 1. The van der Waals surface area contributed by atoms with E-state index in [4.69, 9.17) is 15.0 Å². The van der Waals surface area contributed by atoms with Gasteiger partial charge in [0.2, 0.25) is 0 Å². The normalized spacial score (nSPS) is 20.5. The Bertz CT molecular complexity index is 446. The average molecular weight is 269 g/mol. The van der Waals surface area contributed by atoms with E-state index < -0.39 is 0 Å². The number of nitrogens with two attached hydrogens (primary N) is 1. The summed E-state index contributed by atoms with van der Waals surface area (Å²) in [5.41, 5.74) is 2.52. The number of hydrogen-bond donors (Lipinski definition) is 3. The van der Waals surface area contributed by atoms with E-state index in [1.54, 1.807) is 13.0 Å². The Labute approximate surface area is 111 Å². The predicted octanol–water partition coefficient (Wildman–Crippen LogP) is -0.615. The first kappa shape index (κ1) is 14.0. The minimum absolute atomic E-state index is 0.0362. The zero-order chi connectivity index (χ0) is 13.8. The maximum atomic E-state index is 11.5. The number of carbonyl (C=O) groups is 1. The highest BCUT2D eigenvalue weighted by Gasteiger charge is 2.24. The van der Waals surface area contributed by atoms with E-state index in [1.165, 1.54) is 0 Å². The maximum Gasteiger partial charge on any atom is 0.268 e. The number of morpholine rings is 1. The predicted molar refractivity (Wildman–Crippen MR) is 67.2 cm³/mol. The standard InChI is InChI=1S/C12H19N3O4/c1-8-11(12(17)14-13)4-10(19-8)5-15-2-3-18-7-9(15)6-16/h4,9,16H,2-3,5-7,13H2,1H3,(H,14,17). The molecular weight excluding hydrogens is 250 g/mol. The molecule has 1 aliphatic rings. The van der Waals surface area contributed by atoms with E-state index in [1.807, 2.05) is 0 Å². The third-order valence-corrected chi connectivity index (χ3v) is 3.26. The molecule has 2 heterocycles. The van der Waals surface area contributed by atoms with Crippen molar-refractivity contribution in [2.24, 2.45) is 5.84 Å². The van der Waals surface area contributed by atoms with Crippen LogP contribution >= 0.6 is 0 Å². The summed E-state index contributed by atoms with van der Waals surface area (Å²) < 4.78 is 10.9. The topological polar surface area (TPSA) is 101 Å². The maximum absolute atomic E-state index is 11.5. The van der Waals surface area contributed by atoms with Crippen molar-refractivity contribution in [1.29, 1.82) is 0 Å².